The molecule has 8 heteroatoms. The molecule has 1 heterocycles. The monoisotopic (exact) mass is 299 g/mol. The van der Waals surface area contributed by atoms with Gasteiger partial charge in [-0.1, -0.05) is 0 Å². The maximum atomic E-state index is 13.8. The van der Waals surface area contributed by atoms with E-state index < -0.39 is 33.7 Å². The lowest BCUT2D eigenvalue weighted by Gasteiger charge is -2.22. The van der Waals surface area contributed by atoms with Gasteiger partial charge in [0.05, 0.1) is 4.92 Å². The summed E-state index contributed by atoms with van der Waals surface area (Å²) in [4.78, 5) is 21.5. The molecule has 0 bridgehead atoms. The Morgan fingerprint density at radius 2 is 2.24 bits per heavy atom. The smallest absolute Gasteiger partial charge is 0.305 e. The van der Waals surface area contributed by atoms with Crippen LogP contribution in [0.1, 0.15) is 23.2 Å². The van der Waals surface area contributed by atoms with Crippen molar-refractivity contribution in [3.63, 3.8) is 0 Å². The third-order valence-corrected chi connectivity index (χ3v) is 3.44. The first kappa shape index (κ1) is 15.3. The Hall–Kier alpha value is -2.09. The minimum absolute atomic E-state index is 0.188. The van der Waals surface area contributed by atoms with E-state index >= 15 is 0 Å². The van der Waals surface area contributed by atoms with Gasteiger partial charge in [0.1, 0.15) is 11.4 Å². The Labute approximate surface area is 119 Å². The zero-order valence-corrected chi connectivity index (χ0v) is 11.2. The van der Waals surface area contributed by atoms with Crippen LogP contribution in [0.5, 0.6) is 0 Å². The average molecular weight is 299 g/mol. The number of halogens is 2. The van der Waals surface area contributed by atoms with E-state index in [1.54, 1.807) is 0 Å². The molecule has 0 aromatic heterocycles. The topological polar surface area (TPSA) is 84.3 Å². The molecule has 2 rings (SSSR count). The molecule has 1 saturated heterocycles. The molecule has 1 amide bonds. The molecule has 2 N–H and O–H groups in total. The minimum Gasteiger partial charge on any atom is -0.352 e. The van der Waals surface area contributed by atoms with Crippen LogP contribution in [0.4, 0.5) is 14.5 Å². The maximum Gasteiger partial charge on any atom is 0.305 e. The number of carbonyl (C=O) groups is 1. The predicted octanol–water partition coefficient (Wildman–Crippen LogP) is 1.60. The van der Waals surface area contributed by atoms with Gasteiger partial charge in [0.25, 0.3) is 5.91 Å². The second-order valence-corrected chi connectivity index (χ2v) is 4.94. The minimum atomic E-state index is -1.45. The molecule has 1 atom stereocenters. The van der Waals surface area contributed by atoms with E-state index in [0.717, 1.165) is 32.0 Å². The predicted molar refractivity (Wildman–Crippen MR) is 70.9 cm³/mol. The van der Waals surface area contributed by atoms with Gasteiger partial charge in [-0.15, -0.1) is 0 Å². The maximum absolute atomic E-state index is 13.8. The number of nitro benzene ring substituents is 1. The van der Waals surface area contributed by atoms with Crippen molar-refractivity contribution in [3.05, 3.63) is 39.4 Å². The summed E-state index contributed by atoms with van der Waals surface area (Å²) in [5.41, 5.74) is -1.83. The van der Waals surface area contributed by atoms with E-state index in [9.17, 15) is 23.7 Å². The molecule has 1 unspecified atom stereocenters. The number of carbonyl (C=O) groups excluding carboxylic acids is 1. The van der Waals surface area contributed by atoms with Crippen molar-refractivity contribution >= 4 is 11.6 Å². The quantitative estimate of drug-likeness (QED) is 0.653. The second-order valence-electron chi connectivity index (χ2n) is 4.94. The fraction of sp³-hybridized carbons (Fsp3) is 0.462. The summed E-state index contributed by atoms with van der Waals surface area (Å²) in [6.45, 7) is 1.91. The summed E-state index contributed by atoms with van der Waals surface area (Å²) in [6, 6.07) is 1.42. The van der Waals surface area contributed by atoms with E-state index in [0.29, 0.717) is 6.07 Å². The van der Waals surface area contributed by atoms with Crippen molar-refractivity contribution in [1.29, 1.82) is 0 Å². The van der Waals surface area contributed by atoms with Crippen LogP contribution >= 0.6 is 0 Å². The van der Waals surface area contributed by atoms with E-state index in [1.807, 2.05) is 0 Å². The van der Waals surface area contributed by atoms with E-state index in [1.165, 1.54) is 0 Å². The molecule has 1 aliphatic heterocycles. The van der Waals surface area contributed by atoms with Gasteiger partial charge < -0.3 is 10.6 Å². The van der Waals surface area contributed by atoms with Crippen molar-refractivity contribution in [2.45, 2.75) is 12.8 Å². The van der Waals surface area contributed by atoms with E-state index in [4.69, 9.17) is 0 Å². The fourth-order valence-corrected chi connectivity index (χ4v) is 2.31. The molecule has 0 aliphatic carbocycles. The van der Waals surface area contributed by atoms with Crippen LogP contribution in [0.15, 0.2) is 12.1 Å². The van der Waals surface area contributed by atoms with Crippen LogP contribution < -0.4 is 10.6 Å². The Morgan fingerprint density at radius 1 is 1.48 bits per heavy atom. The number of piperidine rings is 1. The van der Waals surface area contributed by atoms with Gasteiger partial charge in [-0.05, 0) is 37.9 Å². The molecular weight excluding hydrogens is 284 g/mol. The lowest BCUT2D eigenvalue weighted by molar-refractivity contribution is -0.387. The first-order valence-corrected chi connectivity index (χ1v) is 6.62. The third-order valence-electron chi connectivity index (χ3n) is 3.44. The molecule has 1 aromatic rings. The van der Waals surface area contributed by atoms with Gasteiger partial charge in [0, 0.05) is 12.6 Å². The van der Waals surface area contributed by atoms with Gasteiger partial charge in [0.2, 0.25) is 5.82 Å². The molecule has 21 heavy (non-hydrogen) atoms. The summed E-state index contributed by atoms with van der Waals surface area (Å²) >= 11 is 0. The van der Waals surface area contributed by atoms with Crippen LogP contribution in [0.3, 0.4) is 0 Å². The number of nitro groups is 1. The lowest BCUT2D eigenvalue weighted by atomic mass is 9.99. The number of nitrogens with zero attached hydrogens (tertiary/aromatic N) is 1. The Balaban J connectivity index is 2.11. The average Bonchev–Trinajstić information content (AvgIpc) is 2.46. The number of hydrogen-bond donors (Lipinski definition) is 2. The van der Waals surface area contributed by atoms with Gasteiger partial charge in [-0.3, -0.25) is 14.9 Å². The van der Waals surface area contributed by atoms with Crippen molar-refractivity contribution in [3.8, 4) is 0 Å². The van der Waals surface area contributed by atoms with E-state index in [2.05, 4.69) is 10.6 Å². The largest absolute Gasteiger partial charge is 0.352 e. The molecule has 0 saturated carbocycles. The number of amides is 1. The first-order chi connectivity index (χ1) is 10.0. The highest BCUT2D eigenvalue weighted by Gasteiger charge is 2.26. The van der Waals surface area contributed by atoms with Crippen molar-refractivity contribution < 1.29 is 18.5 Å². The number of benzene rings is 1. The van der Waals surface area contributed by atoms with Gasteiger partial charge in [-0.2, -0.15) is 4.39 Å². The van der Waals surface area contributed by atoms with Gasteiger partial charge in [-0.25, -0.2) is 4.39 Å². The summed E-state index contributed by atoms with van der Waals surface area (Å²) in [5, 5.41) is 16.2. The zero-order valence-electron chi connectivity index (χ0n) is 11.2. The van der Waals surface area contributed by atoms with Gasteiger partial charge in [0.15, 0.2) is 0 Å². The Morgan fingerprint density at radius 3 is 2.86 bits per heavy atom. The summed E-state index contributed by atoms with van der Waals surface area (Å²) in [7, 11) is 0. The van der Waals surface area contributed by atoms with Crippen molar-refractivity contribution in [1.82, 2.24) is 10.6 Å². The normalized spacial score (nSPS) is 18.3. The molecular formula is C13H15F2N3O3. The standard InChI is InChI=1S/C13H15F2N3O3/c14-9-3-4-10(18(20)21)12(15)11(9)13(19)17-7-8-2-1-5-16-6-8/h3-4,8,16H,1-2,5-7H2,(H,17,19). The molecule has 114 valence electrons. The molecule has 6 nitrogen and oxygen atoms in total. The highest BCUT2D eigenvalue weighted by molar-refractivity contribution is 5.95. The Kier molecular flexibility index (Phi) is 4.79. The number of rotatable bonds is 4. The summed E-state index contributed by atoms with van der Waals surface area (Å²) in [6.07, 6.45) is 1.88. The van der Waals surface area contributed by atoms with E-state index in [-0.39, 0.29) is 12.5 Å². The van der Waals surface area contributed by atoms with Gasteiger partial charge >= 0.3 is 5.69 Å². The van der Waals surface area contributed by atoms with Crippen LogP contribution in [0, 0.1) is 27.7 Å². The second kappa shape index (κ2) is 6.57. The zero-order chi connectivity index (χ0) is 15.4. The Bertz CT molecular complexity index is 560. The first-order valence-electron chi connectivity index (χ1n) is 6.62. The van der Waals surface area contributed by atoms with Crippen LogP contribution in [0.25, 0.3) is 0 Å². The lowest BCUT2D eigenvalue weighted by Crippen LogP contribution is -2.38. The molecule has 1 aliphatic rings. The number of nitrogens with one attached hydrogen (secondary N) is 2. The fourth-order valence-electron chi connectivity index (χ4n) is 2.31. The van der Waals surface area contributed by atoms with Crippen molar-refractivity contribution in [2.24, 2.45) is 5.92 Å². The highest BCUT2D eigenvalue weighted by Crippen LogP contribution is 2.23. The SMILES string of the molecule is O=C(NCC1CCCNC1)c1c(F)ccc([N+](=O)[O-])c1F. The number of hydrogen-bond acceptors (Lipinski definition) is 4. The van der Waals surface area contributed by atoms with Crippen LogP contribution in [-0.4, -0.2) is 30.5 Å². The van der Waals surface area contributed by atoms with Crippen LogP contribution in [-0.2, 0) is 0 Å². The molecule has 1 fully saturated rings. The van der Waals surface area contributed by atoms with Crippen molar-refractivity contribution in [2.75, 3.05) is 19.6 Å². The molecule has 1 aromatic carbocycles. The third kappa shape index (κ3) is 3.52. The summed E-state index contributed by atoms with van der Waals surface area (Å²) < 4.78 is 27.4. The van der Waals surface area contributed by atoms with Crippen LogP contribution in [0.2, 0.25) is 0 Å². The summed E-state index contributed by atoms with van der Waals surface area (Å²) in [5.74, 6) is -3.34. The molecule has 0 spiro atoms. The molecule has 0 radical (unpaired) electrons. The highest BCUT2D eigenvalue weighted by atomic mass is 19.1.